The summed E-state index contributed by atoms with van der Waals surface area (Å²) < 4.78 is 2.39. The zero-order valence-electron chi connectivity index (χ0n) is 12.0. The highest BCUT2D eigenvalue weighted by Crippen LogP contribution is 2.29. The summed E-state index contributed by atoms with van der Waals surface area (Å²) in [5.41, 5.74) is 2.35. The lowest BCUT2D eigenvalue weighted by Crippen LogP contribution is -2.22. The molecule has 2 nitrogen and oxygen atoms in total. The molecule has 0 spiro atoms. The fourth-order valence-corrected chi connectivity index (χ4v) is 4.04. The summed E-state index contributed by atoms with van der Waals surface area (Å²) in [4.78, 5) is 4.73. The van der Waals surface area contributed by atoms with E-state index in [2.05, 4.69) is 71.5 Å². The molecule has 0 radical (unpaired) electrons. The Bertz CT molecular complexity index is 720. The van der Waals surface area contributed by atoms with Crippen LogP contribution in [0.25, 0.3) is 10.2 Å². The number of hydrogen-bond donors (Lipinski definition) is 1. The van der Waals surface area contributed by atoms with Gasteiger partial charge in [0.25, 0.3) is 0 Å². The van der Waals surface area contributed by atoms with Crippen LogP contribution in [0.4, 0.5) is 0 Å². The number of nitrogens with zero attached hydrogens (tertiary/aromatic N) is 1. The minimum atomic E-state index is 0.226. The Balaban J connectivity index is 1.79. The summed E-state index contributed by atoms with van der Waals surface area (Å²) in [6.07, 6.45) is 0. The summed E-state index contributed by atoms with van der Waals surface area (Å²) in [7, 11) is 0. The smallest absolute Gasteiger partial charge is 0.111 e. The number of thiazole rings is 1. The van der Waals surface area contributed by atoms with E-state index in [1.807, 2.05) is 12.1 Å². The molecule has 1 unspecified atom stereocenters. The van der Waals surface area contributed by atoms with Crippen molar-refractivity contribution in [1.82, 2.24) is 10.3 Å². The van der Waals surface area contributed by atoms with Gasteiger partial charge in [0, 0.05) is 10.5 Å². The Labute approximate surface area is 137 Å². The zero-order valence-corrected chi connectivity index (χ0v) is 14.4. The number of halogens is 1. The standard InChI is InChI=1S/C17H17BrN2S/c1-11(13-7-3-4-8-14(13)18)19-12(2)17-20-15-9-5-6-10-16(15)21-17/h3-12,19H,1-2H3/t11-,12?/m1/s1. The van der Waals surface area contributed by atoms with Gasteiger partial charge in [0.15, 0.2) is 0 Å². The lowest BCUT2D eigenvalue weighted by molar-refractivity contribution is 0.492. The van der Waals surface area contributed by atoms with E-state index in [9.17, 15) is 0 Å². The Morgan fingerprint density at radius 3 is 2.48 bits per heavy atom. The number of fused-ring (bicyclic) bond motifs is 1. The van der Waals surface area contributed by atoms with Crippen molar-refractivity contribution in [3.05, 3.63) is 63.6 Å². The predicted octanol–water partition coefficient (Wildman–Crippen LogP) is 5.47. The van der Waals surface area contributed by atoms with E-state index < -0.39 is 0 Å². The van der Waals surface area contributed by atoms with Crippen molar-refractivity contribution in [2.45, 2.75) is 25.9 Å². The molecule has 1 N–H and O–H groups in total. The molecule has 3 rings (SSSR count). The molecular formula is C17H17BrN2S. The highest BCUT2D eigenvalue weighted by atomic mass is 79.9. The number of nitrogens with one attached hydrogen (secondary N) is 1. The van der Waals surface area contributed by atoms with Crippen molar-refractivity contribution in [2.24, 2.45) is 0 Å². The molecule has 0 amide bonds. The van der Waals surface area contributed by atoms with Gasteiger partial charge in [-0.05, 0) is 37.6 Å². The maximum Gasteiger partial charge on any atom is 0.111 e. The average molecular weight is 361 g/mol. The Morgan fingerprint density at radius 2 is 1.71 bits per heavy atom. The van der Waals surface area contributed by atoms with Gasteiger partial charge in [-0.1, -0.05) is 46.3 Å². The van der Waals surface area contributed by atoms with E-state index >= 15 is 0 Å². The molecule has 0 fully saturated rings. The van der Waals surface area contributed by atoms with E-state index in [1.165, 1.54) is 10.3 Å². The summed E-state index contributed by atoms with van der Waals surface area (Å²) >= 11 is 5.38. The quantitative estimate of drug-likeness (QED) is 0.666. The van der Waals surface area contributed by atoms with E-state index in [0.717, 1.165) is 15.0 Å². The summed E-state index contributed by atoms with van der Waals surface area (Å²) in [6, 6.07) is 17.1. The highest BCUT2D eigenvalue weighted by molar-refractivity contribution is 9.10. The topological polar surface area (TPSA) is 24.9 Å². The molecule has 2 aromatic carbocycles. The fraction of sp³-hybridized carbons (Fsp3) is 0.235. The number of para-hydroxylation sites is 1. The average Bonchev–Trinajstić information content (AvgIpc) is 2.91. The van der Waals surface area contributed by atoms with Gasteiger partial charge in [-0.25, -0.2) is 4.98 Å². The maximum absolute atomic E-state index is 4.73. The number of hydrogen-bond acceptors (Lipinski definition) is 3. The van der Waals surface area contributed by atoms with E-state index in [-0.39, 0.29) is 12.1 Å². The van der Waals surface area contributed by atoms with E-state index in [1.54, 1.807) is 11.3 Å². The van der Waals surface area contributed by atoms with Crippen LogP contribution in [-0.2, 0) is 0 Å². The second kappa shape index (κ2) is 6.26. The molecule has 0 aliphatic carbocycles. The van der Waals surface area contributed by atoms with Crippen LogP contribution >= 0.6 is 27.3 Å². The molecule has 0 aliphatic heterocycles. The van der Waals surface area contributed by atoms with Crippen molar-refractivity contribution in [3.63, 3.8) is 0 Å². The molecule has 0 bridgehead atoms. The third-order valence-corrected chi connectivity index (χ3v) is 5.49. The van der Waals surface area contributed by atoms with Crippen LogP contribution < -0.4 is 5.32 Å². The van der Waals surface area contributed by atoms with Crippen LogP contribution in [0.15, 0.2) is 53.0 Å². The number of rotatable bonds is 4. The fourth-order valence-electron chi connectivity index (χ4n) is 2.44. The molecular weight excluding hydrogens is 344 g/mol. The second-order valence-corrected chi connectivity index (χ2v) is 7.07. The van der Waals surface area contributed by atoms with Gasteiger partial charge in [0.05, 0.1) is 16.3 Å². The molecule has 3 aromatic rings. The Hall–Kier alpha value is -1.23. The Kier molecular flexibility index (Phi) is 4.38. The van der Waals surface area contributed by atoms with Crippen molar-refractivity contribution >= 4 is 37.5 Å². The molecule has 2 atom stereocenters. The lowest BCUT2D eigenvalue weighted by atomic mass is 10.1. The number of benzene rings is 2. The second-order valence-electron chi connectivity index (χ2n) is 5.15. The normalized spacial score (nSPS) is 14.2. The Morgan fingerprint density at radius 1 is 1.00 bits per heavy atom. The largest absolute Gasteiger partial charge is 0.301 e. The summed E-state index contributed by atoms with van der Waals surface area (Å²) in [6.45, 7) is 4.36. The van der Waals surface area contributed by atoms with Gasteiger partial charge < -0.3 is 5.32 Å². The van der Waals surface area contributed by atoms with Crippen LogP contribution in [0.2, 0.25) is 0 Å². The van der Waals surface area contributed by atoms with Gasteiger partial charge in [-0.15, -0.1) is 11.3 Å². The van der Waals surface area contributed by atoms with Crippen LogP contribution in [0.1, 0.15) is 36.5 Å². The van der Waals surface area contributed by atoms with Crippen LogP contribution in [0, 0.1) is 0 Å². The van der Waals surface area contributed by atoms with Crippen LogP contribution in [0.3, 0.4) is 0 Å². The minimum Gasteiger partial charge on any atom is -0.301 e. The first kappa shape index (κ1) is 14.7. The van der Waals surface area contributed by atoms with Gasteiger partial charge in [0.2, 0.25) is 0 Å². The first-order valence-electron chi connectivity index (χ1n) is 7.01. The predicted molar refractivity (Wildman–Crippen MR) is 93.7 cm³/mol. The first-order chi connectivity index (χ1) is 10.1. The van der Waals surface area contributed by atoms with Gasteiger partial charge >= 0.3 is 0 Å². The molecule has 1 heterocycles. The van der Waals surface area contributed by atoms with Gasteiger partial charge in [-0.3, -0.25) is 0 Å². The van der Waals surface area contributed by atoms with E-state index in [4.69, 9.17) is 4.98 Å². The van der Waals surface area contributed by atoms with Crippen molar-refractivity contribution in [3.8, 4) is 0 Å². The SMILES string of the molecule is CC(N[C@H](C)c1ccccc1Br)c1nc2ccccc2s1. The van der Waals surface area contributed by atoms with Gasteiger partial charge in [-0.2, -0.15) is 0 Å². The minimum absolute atomic E-state index is 0.226. The van der Waals surface area contributed by atoms with Gasteiger partial charge in [0.1, 0.15) is 5.01 Å². The molecule has 108 valence electrons. The van der Waals surface area contributed by atoms with Crippen molar-refractivity contribution in [2.75, 3.05) is 0 Å². The number of aromatic nitrogens is 1. The first-order valence-corrected chi connectivity index (χ1v) is 8.62. The lowest BCUT2D eigenvalue weighted by Gasteiger charge is -2.19. The maximum atomic E-state index is 4.73. The molecule has 0 aliphatic rings. The molecule has 4 heteroatoms. The zero-order chi connectivity index (χ0) is 14.8. The monoisotopic (exact) mass is 360 g/mol. The highest BCUT2D eigenvalue weighted by Gasteiger charge is 2.16. The summed E-state index contributed by atoms with van der Waals surface area (Å²) in [5.74, 6) is 0. The molecule has 1 aromatic heterocycles. The molecule has 0 saturated heterocycles. The summed E-state index contributed by atoms with van der Waals surface area (Å²) in [5, 5.41) is 4.77. The third kappa shape index (κ3) is 3.18. The molecule has 0 saturated carbocycles. The van der Waals surface area contributed by atoms with Crippen LogP contribution in [0.5, 0.6) is 0 Å². The van der Waals surface area contributed by atoms with E-state index in [0.29, 0.717) is 0 Å². The van der Waals surface area contributed by atoms with Crippen molar-refractivity contribution in [1.29, 1.82) is 0 Å². The third-order valence-electron chi connectivity index (χ3n) is 3.55. The van der Waals surface area contributed by atoms with Crippen molar-refractivity contribution < 1.29 is 0 Å². The molecule has 21 heavy (non-hydrogen) atoms. The van der Waals surface area contributed by atoms with Crippen LogP contribution in [-0.4, -0.2) is 4.98 Å².